The molecule has 2 aromatic carbocycles. The second-order valence-corrected chi connectivity index (χ2v) is 6.78. The Bertz CT molecular complexity index is 694. The molecule has 2 rings (SSSR count). The van der Waals surface area contributed by atoms with E-state index in [1.165, 1.54) is 15.4 Å². The predicted octanol–water partition coefficient (Wildman–Crippen LogP) is 6.81. The lowest BCUT2D eigenvalue weighted by Crippen LogP contribution is -1.90. The van der Waals surface area contributed by atoms with Crippen LogP contribution >= 0.6 is 23.4 Å². The minimum absolute atomic E-state index is 0.737. The van der Waals surface area contributed by atoms with Crippen LogP contribution in [-0.4, -0.2) is 0 Å². The molecule has 0 aliphatic heterocycles. The maximum Gasteiger partial charge on any atom is 0.0484 e. The third-order valence-electron chi connectivity index (χ3n) is 3.38. The molecule has 108 valence electrons. The fourth-order valence-corrected chi connectivity index (χ4v) is 3.15. The second-order valence-electron chi connectivity index (χ2n) is 5.11. The van der Waals surface area contributed by atoms with E-state index < -0.39 is 0 Å². The van der Waals surface area contributed by atoms with Crippen molar-refractivity contribution in [1.29, 1.82) is 0 Å². The molecule has 0 atom stereocenters. The molecule has 21 heavy (non-hydrogen) atoms. The Morgan fingerprint density at radius 1 is 0.905 bits per heavy atom. The molecule has 0 radical (unpaired) electrons. The summed E-state index contributed by atoms with van der Waals surface area (Å²) in [4.78, 5) is 2.52. The first-order chi connectivity index (χ1) is 10.0. The Labute approximate surface area is 136 Å². The fourth-order valence-electron chi connectivity index (χ4n) is 1.92. The molecule has 2 heteroatoms. The van der Waals surface area contributed by atoms with E-state index >= 15 is 0 Å². The number of rotatable bonds is 4. The third-order valence-corrected chi connectivity index (χ3v) is 5.00. The largest absolute Gasteiger partial charge is 0.0943 e. The summed E-state index contributed by atoms with van der Waals surface area (Å²) in [5.41, 5.74) is 4.42. The highest BCUT2D eigenvalue weighted by atomic mass is 35.5. The molecule has 0 heterocycles. The number of halogens is 1. The fraction of sp³-hybridized carbons (Fsp3) is 0.158. The number of thioether (sulfide) groups is 1. The van der Waals surface area contributed by atoms with Crippen LogP contribution in [0.3, 0.4) is 0 Å². The maximum absolute atomic E-state index is 6.30. The minimum Gasteiger partial charge on any atom is -0.0943 e. The van der Waals surface area contributed by atoms with Crippen LogP contribution in [-0.2, 0) is 0 Å². The zero-order valence-electron chi connectivity index (χ0n) is 12.6. The Kier molecular flexibility index (Phi) is 5.33. The molecule has 0 aliphatic carbocycles. The quantitative estimate of drug-likeness (QED) is 0.559. The van der Waals surface area contributed by atoms with E-state index in [0.29, 0.717) is 0 Å². The van der Waals surface area contributed by atoms with Gasteiger partial charge in [0.25, 0.3) is 0 Å². The summed E-state index contributed by atoms with van der Waals surface area (Å²) in [5, 5.41) is 0.737. The number of allylic oxidation sites excluding steroid dienone is 2. The number of hydrogen-bond acceptors (Lipinski definition) is 1. The van der Waals surface area contributed by atoms with Crippen molar-refractivity contribution in [3.63, 3.8) is 0 Å². The molecule has 0 aliphatic rings. The summed E-state index contributed by atoms with van der Waals surface area (Å²) >= 11 is 8.08. The van der Waals surface area contributed by atoms with E-state index in [4.69, 9.17) is 11.6 Å². The van der Waals surface area contributed by atoms with Gasteiger partial charge in [0.1, 0.15) is 0 Å². The summed E-state index contributed by atoms with van der Waals surface area (Å²) in [6.45, 7) is 10.7. The highest BCUT2D eigenvalue weighted by Gasteiger charge is 2.11. The van der Waals surface area contributed by atoms with Crippen molar-refractivity contribution in [1.82, 2.24) is 0 Å². The van der Waals surface area contributed by atoms with Gasteiger partial charge in [-0.3, -0.25) is 0 Å². The molecule has 0 saturated heterocycles. The van der Waals surface area contributed by atoms with Crippen LogP contribution in [0.15, 0.2) is 70.5 Å². The molecular formula is C19H19ClS. The van der Waals surface area contributed by atoms with Gasteiger partial charge in [-0.2, -0.15) is 0 Å². The van der Waals surface area contributed by atoms with Crippen LogP contribution < -0.4 is 0 Å². The molecule has 0 saturated carbocycles. The maximum atomic E-state index is 6.30. The van der Waals surface area contributed by atoms with Gasteiger partial charge in [0.15, 0.2) is 0 Å². The first kappa shape index (κ1) is 15.9. The second kappa shape index (κ2) is 7.02. The normalized spacial score (nSPS) is 10.3. The molecule has 0 N–H and O–H groups in total. The molecule has 0 fully saturated rings. The zero-order valence-corrected chi connectivity index (χ0v) is 14.2. The van der Waals surface area contributed by atoms with Gasteiger partial charge in [-0.25, -0.2) is 0 Å². The van der Waals surface area contributed by atoms with Gasteiger partial charge in [0.2, 0.25) is 0 Å². The molecular weight excluding hydrogens is 296 g/mol. The van der Waals surface area contributed by atoms with Crippen LogP contribution in [0.2, 0.25) is 5.02 Å². The molecule has 0 unspecified atom stereocenters. The van der Waals surface area contributed by atoms with Crippen LogP contribution in [0.25, 0.3) is 5.57 Å². The summed E-state index contributed by atoms with van der Waals surface area (Å²) in [5.74, 6) is 0. The van der Waals surface area contributed by atoms with Crippen molar-refractivity contribution in [2.45, 2.75) is 25.7 Å². The van der Waals surface area contributed by atoms with E-state index in [9.17, 15) is 0 Å². The SMILES string of the molecule is C=C(c1ccccc1Cl)c1ccccc1SC(C)=C(C)C. The van der Waals surface area contributed by atoms with Crippen molar-refractivity contribution < 1.29 is 0 Å². The smallest absolute Gasteiger partial charge is 0.0484 e. The van der Waals surface area contributed by atoms with Crippen molar-refractivity contribution in [2.24, 2.45) is 0 Å². The molecule has 2 aromatic rings. The summed E-state index contributed by atoms with van der Waals surface area (Å²) in [7, 11) is 0. The molecule has 0 spiro atoms. The van der Waals surface area contributed by atoms with Crippen molar-refractivity contribution in [3.05, 3.63) is 81.7 Å². The van der Waals surface area contributed by atoms with Gasteiger partial charge in [-0.05, 0) is 48.9 Å². The van der Waals surface area contributed by atoms with Crippen LogP contribution in [0.5, 0.6) is 0 Å². The van der Waals surface area contributed by atoms with Gasteiger partial charge in [0.05, 0.1) is 0 Å². The molecule has 0 aromatic heterocycles. The summed E-state index contributed by atoms with van der Waals surface area (Å²) in [6.07, 6.45) is 0. The highest BCUT2D eigenvalue weighted by Crippen LogP contribution is 2.37. The minimum atomic E-state index is 0.737. The first-order valence-electron chi connectivity index (χ1n) is 6.86. The standard InChI is InChI=1S/C19H19ClS/c1-13(2)15(4)21-19-12-8-6-10-17(19)14(3)16-9-5-7-11-18(16)20/h5-12H,3H2,1-2,4H3. The predicted molar refractivity (Wildman–Crippen MR) is 95.9 cm³/mol. The van der Waals surface area contributed by atoms with E-state index in [1.54, 1.807) is 11.8 Å². The lowest BCUT2D eigenvalue weighted by atomic mass is 10.00. The van der Waals surface area contributed by atoms with Crippen molar-refractivity contribution >= 4 is 28.9 Å². The Morgan fingerprint density at radius 3 is 2.10 bits per heavy atom. The van der Waals surface area contributed by atoms with Crippen molar-refractivity contribution in [2.75, 3.05) is 0 Å². The topological polar surface area (TPSA) is 0 Å². The van der Waals surface area contributed by atoms with Gasteiger partial charge in [-0.15, -0.1) is 0 Å². The highest BCUT2D eigenvalue weighted by molar-refractivity contribution is 8.03. The third kappa shape index (κ3) is 3.81. The zero-order chi connectivity index (χ0) is 15.4. The van der Waals surface area contributed by atoms with Crippen LogP contribution in [0.1, 0.15) is 31.9 Å². The lowest BCUT2D eigenvalue weighted by molar-refractivity contribution is 1.33. The van der Waals surface area contributed by atoms with E-state index in [2.05, 4.69) is 45.5 Å². The summed E-state index contributed by atoms with van der Waals surface area (Å²) in [6, 6.07) is 16.2. The van der Waals surface area contributed by atoms with Crippen LogP contribution in [0.4, 0.5) is 0 Å². The average molecular weight is 315 g/mol. The van der Waals surface area contributed by atoms with E-state index in [0.717, 1.165) is 21.7 Å². The van der Waals surface area contributed by atoms with Crippen LogP contribution in [0, 0.1) is 0 Å². The average Bonchev–Trinajstić information content (AvgIpc) is 2.47. The molecule has 0 bridgehead atoms. The van der Waals surface area contributed by atoms with Gasteiger partial charge >= 0.3 is 0 Å². The lowest BCUT2D eigenvalue weighted by Gasteiger charge is -2.14. The number of hydrogen-bond donors (Lipinski definition) is 0. The Hall–Kier alpha value is -1.44. The van der Waals surface area contributed by atoms with Gasteiger partial charge < -0.3 is 0 Å². The monoisotopic (exact) mass is 314 g/mol. The Morgan fingerprint density at radius 2 is 1.48 bits per heavy atom. The number of benzene rings is 2. The summed E-state index contributed by atoms with van der Waals surface area (Å²) < 4.78 is 0. The Balaban J connectivity index is 2.43. The van der Waals surface area contributed by atoms with Gasteiger partial charge in [-0.1, -0.05) is 71.9 Å². The van der Waals surface area contributed by atoms with E-state index in [1.807, 2.05) is 30.3 Å². The van der Waals surface area contributed by atoms with E-state index in [-0.39, 0.29) is 0 Å². The van der Waals surface area contributed by atoms with Gasteiger partial charge in [0, 0.05) is 15.5 Å². The molecule has 0 nitrogen and oxygen atoms in total. The van der Waals surface area contributed by atoms with Crippen molar-refractivity contribution in [3.8, 4) is 0 Å². The first-order valence-corrected chi connectivity index (χ1v) is 8.05. The molecule has 0 amide bonds.